The summed E-state index contributed by atoms with van der Waals surface area (Å²) in [6.07, 6.45) is 0. The smallest absolute Gasteiger partial charge is 0.335 e. The number of ether oxygens (including phenoxy) is 1. The molecule has 2 aromatic rings. The van der Waals surface area contributed by atoms with Gasteiger partial charge in [0.15, 0.2) is 0 Å². The molecular weight excluding hydrogens is 290 g/mol. The summed E-state index contributed by atoms with van der Waals surface area (Å²) < 4.78 is 5.09. The molecule has 1 N–H and O–H groups in total. The number of carbonyl (C=O) groups excluding carboxylic acids is 1. The zero-order valence-corrected chi connectivity index (χ0v) is 12.1. The van der Waals surface area contributed by atoms with Crippen LogP contribution >= 0.6 is 11.3 Å². The molecule has 2 heterocycles. The maximum Gasteiger partial charge on any atom is 0.335 e. The van der Waals surface area contributed by atoms with Gasteiger partial charge >= 0.3 is 5.97 Å². The molecule has 21 heavy (non-hydrogen) atoms. The third-order valence-electron chi connectivity index (χ3n) is 3.48. The molecule has 108 valence electrons. The van der Waals surface area contributed by atoms with Crippen molar-refractivity contribution < 1.29 is 19.4 Å². The van der Waals surface area contributed by atoms with Crippen molar-refractivity contribution in [2.24, 2.45) is 0 Å². The zero-order valence-electron chi connectivity index (χ0n) is 11.3. The summed E-state index contributed by atoms with van der Waals surface area (Å²) in [5.41, 5.74) is 2.14. The number of aromatic carboxylic acids is 1. The Balaban J connectivity index is 1.80. The van der Waals surface area contributed by atoms with Crippen LogP contribution in [0.25, 0.3) is 0 Å². The number of rotatable bonds is 3. The number of nitrogens with zero attached hydrogens (tertiary/aromatic N) is 1. The van der Waals surface area contributed by atoms with Gasteiger partial charge in [-0.15, -0.1) is 11.3 Å². The summed E-state index contributed by atoms with van der Waals surface area (Å²) >= 11 is 1.35. The van der Waals surface area contributed by atoms with Crippen LogP contribution in [-0.4, -0.2) is 29.0 Å². The highest BCUT2D eigenvalue weighted by Crippen LogP contribution is 2.28. The van der Waals surface area contributed by atoms with E-state index in [4.69, 9.17) is 9.84 Å². The van der Waals surface area contributed by atoms with Crippen LogP contribution in [0.2, 0.25) is 0 Å². The highest BCUT2D eigenvalue weighted by Gasteiger charge is 2.26. The molecule has 0 aliphatic carbocycles. The van der Waals surface area contributed by atoms with E-state index < -0.39 is 5.97 Å². The van der Waals surface area contributed by atoms with Gasteiger partial charge in [-0.1, -0.05) is 6.07 Å². The van der Waals surface area contributed by atoms with E-state index in [1.807, 2.05) is 0 Å². The molecule has 1 aromatic heterocycles. The lowest BCUT2D eigenvalue weighted by Gasteiger charge is -2.13. The van der Waals surface area contributed by atoms with Gasteiger partial charge in [0, 0.05) is 24.5 Å². The molecule has 0 radical (unpaired) electrons. The minimum absolute atomic E-state index is 0.0589. The van der Waals surface area contributed by atoms with Crippen LogP contribution in [-0.2, 0) is 13.1 Å². The van der Waals surface area contributed by atoms with Crippen LogP contribution in [0.5, 0.6) is 5.75 Å². The first-order chi connectivity index (χ1) is 10.1. The third kappa shape index (κ3) is 2.50. The number of benzene rings is 1. The fourth-order valence-corrected chi connectivity index (χ4v) is 3.19. The number of thiophene rings is 1. The molecule has 3 rings (SSSR count). The van der Waals surface area contributed by atoms with E-state index in [0.29, 0.717) is 23.7 Å². The van der Waals surface area contributed by atoms with Crippen LogP contribution in [0.15, 0.2) is 29.6 Å². The van der Waals surface area contributed by atoms with Crippen molar-refractivity contribution in [3.8, 4) is 5.75 Å². The Labute approximate surface area is 125 Å². The fourth-order valence-electron chi connectivity index (χ4n) is 2.36. The molecule has 1 aromatic carbocycles. The number of amides is 1. The molecule has 6 heteroatoms. The van der Waals surface area contributed by atoms with Crippen molar-refractivity contribution in [1.82, 2.24) is 4.90 Å². The first-order valence-electron chi connectivity index (χ1n) is 6.35. The summed E-state index contributed by atoms with van der Waals surface area (Å²) in [6.45, 7) is 0.948. The van der Waals surface area contributed by atoms with Crippen LogP contribution in [0.3, 0.4) is 0 Å². The van der Waals surface area contributed by atoms with Crippen LogP contribution in [0, 0.1) is 0 Å². The van der Waals surface area contributed by atoms with Crippen molar-refractivity contribution in [3.05, 3.63) is 51.2 Å². The number of carboxylic acid groups (broad SMARTS) is 1. The lowest BCUT2D eigenvalue weighted by molar-refractivity contribution is 0.0696. The molecule has 5 nitrogen and oxygen atoms in total. The second-order valence-electron chi connectivity index (χ2n) is 4.80. The highest BCUT2D eigenvalue weighted by atomic mass is 32.1. The summed E-state index contributed by atoms with van der Waals surface area (Å²) in [7, 11) is 1.56. The van der Waals surface area contributed by atoms with Gasteiger partial charge in [0.2, 0.25) is 0 Å². The summed E-state index contributed by atoms with van der Waals surface area (Å²) in [6, 6.07) is 6.71. The topological polar surface area (TPSA) is 66.8 Å². The van der Waals surface area contributed by atoms with Gasteiger partial charge in [0.1, 0.15) is 5.75 Å². The lowest BCUT2D eigenvalue weighted by atomic mass is 10.1. The molecule has 1 aliphatic rings. The Morgan fingerprint density at radius 2 is 2.00 bits per heavy atom. The van der Waals surface area contributed by atoms with E-state index in [1.54, 1.807) is 41.7 Å². The Morgan fingerprint density at radius 3 is 2.67 bits per heavy atom. The van der Waals surface area contributed by atoms with Crippen molar-refractivity contribution in [1.29, 1.82) is 0 Å². The average Bonchev–Trinajstić information content (AvgIpc) is 3.11. The van der Waals surface area contributed by atoms with Gasteiger partial charge in [-0.05, 0) is 23.3 Å². The van der Waals surface area contributed by atoms with E-state index >= 15 is 0 Å². The van der Waals surface area contributed by atoms with E-state index in [0.717, 1.165) is 11.1 Å². The predicted molar refractivity (Wildman–Crippen MR) is 77.8 cm³/mol. The second kappa shape index (κ2) is 5.21. The van der Waals surface area contributed by atoms with Crippen molar-refractivity contribution in [3.63, 3.8) is 0 Å². The lowest BCUT2D eigenvalue weighted by Crippen LogP contribution is -2.24. The van der Waals surface area contributed by atoms with Crippen molar-refractivity contribution in [2.75, 3.05) is 7.11 Å². The summed E-state index contributed by atoms with van der Waals surface area (Å²) in [4.78, 5) is 25.7. The molecule has 0 spiro atoms. The molecule has 1 amide bonds. The van der Waals surface area contributed by atoms with Crippen LogP contribution in [0.4, 0.5) is 0 Å². The van der Waals surface area contributed by atoms with Crippen molar-refractivity contribution in [2.45, 2.75) is 13.1 Å². The van der Waals surface area contributed by atoms with Crippen LogP contribution in [0.1, 0.15) is 31.2 Å². The molecule has 0 fully saturated rings. The zero-order chi connectivity index (χ0) is 15.0. The Kier molecular flexibility index (Phi) is 3.39. The second-order valence-corrected chi connectivity index (χ2v) is 5.71. The number of hydrogen-bond acceptors (Lipinski definition) is 4. The Morgan fingerprint density at radius 1 is 1.24 bits per heavy atom. The maximum atomic E-state index is 12.4. The number of carboxylic acids is 1. The van der Waals surface area contributed by atoms with E-state index in [9.17, 15) is 9.59 Å². The Bertz CT molecular complexity index is 722. The maximum absolute atomic E-state index is 12.4. The molecular formula is C15H13NO4S. The largest absolute Gasteiger partial charge is 0.496 e. The third-order valence-corrected chi connectivity index (χ3v) is 4.38. The van der Waals surface area contributed by atoms with Crippen molar-refractivity contribution >= 4 is 23.2 Å². The molecule has 0 unspecified atom stereocenters. The quantitative estimate of drug-likeness (QED) is 0.946. The van der Waals surface area contributed by atoms with Gasteiger partial charge < -0.3 is 14.7 Å². The fraction of sp³-hybridized carbons (Fsp3) is 0.200. The summed E-state index contributed by atoms with van der Waals surface area (Å²) in [5, 5.41) is 10.8. The van der Waals surface area contributed by atoms with Gasteiger partial charge in [-0.2, -0.15) is 0 Å². The number of carbonyl (C=O) groups is 2. The molecule has 0 atom stereocenters. The number of fused-ring (bicyclic) bond motifs is 1. The van der Waals surface area contributed by atoms with E-state index in [1.165, 1.54) is 11.3 Å². The SMILES string of the molecule is COc1csc(C(=O)N2Cc3ccc(C(=O)O)cc3C2)c1. The highest BCUT2D eigenvalue weighted by molar-refractivity contribution is 7.12. The molecule has 0 saturated heterocycles. The monoisotopic (exact) mass is 303 g/mol. The van der Waals surface area contributed by atoms with E-state index in [-0.39, 0.29) is 11.5 Å². The van der Waals surface area contributed by atoms with Crippen LogP contribution < -0.4 is 4.74 Å². The van der Waals surface area contributed by atoms with Gasteiger partial charge in [0.25, 0.3) is 5.91 Å². The first-order valence-corrected chi connectivity index (χ1v) is 7.23. The molecule has 0 bridgehead atoms. The minimum Gasteiger partial charge on any atom is -0.496 e. The minimum atomic E-state index is -0.953. The average molecular weight is 303 g/mol. The predicted octanol–water partition coefficient (Wildman–Crippen LogP) is 2.61. The Hall–Kier alpha value is -2.34. The standard InChI is InChI=1S/C15H13NO4S/c1-20-12-5-13(21-8-12)14(17)16-6-10-3-2-9(15(18)19)4-11(10)7-16/h2-5,8H,6-7H2,1H3,(H,18,19). The summed E-state index contributed by atoms with van der Waals surface area (Å²) in [5.74, 6) is -0.338. The first kappa shape index (κ1) is 13.6. The normalized spacial score (nSPS) is 13.1. The molecule has 0 saturated carbocycles. The van der Waals surface area contributed by atoms with Gasteiger partial charge in [-0.3, -0.25) is 4.79 Å². The van der Waals surface area contributed by atoms with Gasteiger partial charge in [0.05, 0.1) is 17.6 Å². The number of methoxy groups -OCH3 is 1. The van der Waals surface area contributed by atoms with Gasteiger partial charge in [-0.25, -0.2) is 4.79 Å². The van der Waals surface area contributed by atoms with E-state index in [2.05, 4.69) is 0 Å². The number of hydrogen-bond donors (Lipinski definition) is 1. The molecule has 1 aliphatic heterocycles.